The van der Waals surface area contributed by atoms with Gasteiger partial charge in [0.05, 0.1) is 5.69 Å². The Hall–Kier alpha value is -2.10. The molecule has 0 unspecified atom stereocenters. The molecule has 0 saturated heterocycles. The molecule has 140 valence electrons. The number of rotatable bonds is 6. The molecule has 0 spiro atoms. The Morgan fingerprint density at radius 3 is 2.58 bits per heavy atom. The number of nitrogens with zero attached hydrogens (tertiary/aromatic N) is 2. The van der Waals surface area contributed by atoms with E-state index in [-0.39, 0.29) is 11.3 Å². The van der Waals surface area contributed by atoms with Crippen molar-refractivity contribution >= 4 is 5.91 Å². The first-order valence-electron chi connectivity index (χ1n) is 9.83. The van der Waals surface area contributed by atoms with Crippen LogP contribution in [0.15, 0.2) is 30.3 Å². The minimum Gasteiger partial charge on any atom is -0.355 e. The highest BCUT2D eigenvalue weighted by Crippen LogP contribution is 2.39. The molecule has 4 heteroatoms. The van der Waals surface area contributed by atoms with Crippen LogP contribution in [-0.2, 0) is 16.8 Å². The van der Waals surface area contributed by atoms with Gasteiger partial charge in [-0.05, 0) is 45.2 Å². The van der Waals surface area contributed by atoms with Crippen LogP contribution in [-0.4, -0.2) is 22.2 Å². The number of carbonyl (C=O) groups is 1. The van der Waals surface area contributed by atoms with Crippen molar-refractivity contribution in [3.8, 4) is 0 Å². The fourth-order valence-electron chi connectivity index (χ4n) is 4.24. The molecule has 1 aliphatic carbocycles. The molecule has 2 aromatic rings. The second kappa shape index (κ2) is 8.07. The molecule has 4 nitrogen and oxygen atoms in total. The quantitative estimate of drug-likeness (QED) is 0.845. The van der Waals surface area contributed by atoms with Crippen LogP contribution in [0.1, 0.15) is 61.0 Å². The maximum atomic E-state index is 12.5. The van der Waals surface area contributed by atoms with Gasteiger partial charge >= 0.3 is 0 Å². The minimum atomic E-state index is 0.0954. The average molecular weight is 354 g/mol. The van der Waals surface area contributed by atoms with Crippen molar-refractivity contribution in [3.05, 3.63) is 52.8 Å². The van der Waals surface area contributed by atoms with Gasteiger partial charge in [0.15, 0.2) is 0 Å². The van der Waals surface area contributed by atoms with Crippen LogP contribution in [0.4, 0.5) is 0 Å². The molecule has 0 radical (unpaired) electrons. The van der Waals surface area contributed by atoms with Gasteiger partial charge in [-0.2, -0.15) is 5.10 Å². The lowest BCUT2D eigenvalue weighted by atomic mass is 9.69. The molecule has 0 atom stereocenters. The topological polar surface area (TPSA) is 46.9 Å². The fourth-order valence-corrected chi connectivity index (χ4v) is 4.24. The van der Waals surface area contributed by atoms with E-state index in [2.05, 4.69) is 41.6 Å². The summed E-state index contributed by atoms with van der Waals surface area (Å²) in [5, 5.41) is 7.67. The molecule has 1 N–H and O–H groups in total. The number of amides is 1. The number of aromatic nitrogens is 2. The van der Waals surface area contributed by atoms with Crippen molar-refractivity contribution in [2.75, 3.05) is 6.54 Å². The predicted octanol–water partition coefficient (Wildman–Crippen LogP) is 4.22. The third-order valence-electron chi connectivity index (χ3n) is 5.72. The molecule has 1 saturated carbocycles. The van der Waals surface area contributed by atoms with Crippen molar-refractivity contribution in [1.29, 1.82) is 0 Å². The number of aryl methyl sites for hydroxylation is 4. The van der Waals surface area contributed by atoms with Gasteiger partial charge in [-0.3, -0.25) is 9.48 Å². The number of hydrogen-bond acceptors (Lipinski definition) is 2. The van der Waals surface area contributed by atoms with E-state index < -0.39 is 0 Å². The molecule has 3 rings (SSSR count). The van der Waals surface area contributed by atoms with Crippen LogP contribution in [0, 0.1) is 20.8 Å². The average Bonchev–Trinajstić information content (AvgIpc) is 2.96. The summed E-state index contributed by atoms with van der Waals surface area (Å²) in [6, 6.07) is 10.9. The molecule has 1 heterocycles. The smallest absolute Gasteiger partial charge is 0.221 e. The molecule has 0 aliphatic heterocycles. The summed E-state index contributed by atoms with van der Waals surface area (Å²) < 4.78 is 1.92. The Morgan fingerprint density at radius 2 is 1.92 bits per heavy atom. The summed E-state index contributed by atoms with van der Waals surface area (Å²) in [7, 11) is 0. The lowest BCUT2D eigenvalue weighted by molar-refractivity contribution is -0.121. The van der Waals surface area contributed by atoms with Crippen LogP contribution in [0.2, 0.25) is 0 Å². The molecule has 1 aromatic carbocycles. The Morgan fingerprint density at radius 1 is 1.15 bits per heavy atom. The third kappa shape index (κ3) is 4.35. The third-order valence-corrected chi connectivity index (χ3v) is 5.72. The normalized spacial score (nSPS) is 16.4. The molecule has 1 fully saturated rings. The number of hydrogen-bond donors (Lipinski definition) is 1. The highest BCUT2D eigenvalue weighted by molar-refractivity contribution is 5.76. The van der Waals surface area contributed by atoms with Gasteiger partial charge in [-0.25, -0.2) is 0 Å². The molecule has 26 heavy (non-hydrogen) atoms. The first kappa shape index (κ1) is 18.7. The first-order chi connectivity index (χ1) is 12.5. The van der Waals surface area contributed by atoms with E-state index in [9.17, 15) is 4.79 Å². The zero-order valence-corrected chi connectivity index (χ0v) is 16.3. The Kier molecular flexibility index (Phi) is 5.80. The van der Waals surface area contributed by atoms with E-state index in [0.717, 1.165) is 30.8 Å². The van der Waals surface area contributed by atoms with E-state index in [1.807, 2.05) is 24.6 Å². The summed E-state index contributed by atoms with van der Waals surface area (Å²) in [5.74, 6) is 0.121. The molecular weight excluding hydrogens is 322 g/mol. The largest absolute Gasteiger partial charge is 0.355 e. The minimum absolute atomic E-state index is 0.0954. The summed E-state index contributed by atoms with van der Waals surface area (Å²) in [5.41, 5.74) is 4.89. The van der Waals surface area contributed by atoms with Crippen molar-refractivity contribution < 1.29 is 4.79 Å². The SMILES string of the molecule is Cc1cccc(C2(CNC(=O)CCn3nc(C)cc3C)CCCCC2)c1. The van der Waals surface area contributed by atoms with Gasteiger partial charge in [0.1, 0.15) is 0 Å². The van der Waals surface area contributed by atoms with E-state index in [1.165, 1.54) is 30.4 Å². The molecule has 1 amide bonds. The van der Waals surface area contributed by atoms with Gasteiger partial charge in [0.2, 0.25) is 5.91 Å². The summed E-state index contributed by atoms with van der Waals surface area (Å²) >= 11 is 0. The van der Waals surface area contributed by atoms with Gasteiger partial charge in [-0.1, -0.05) is 49.1 Å². The summed E-state index contributed by atoms with van der Waals surface area (Å²) in [6.45, 7) is 7.55. The molecular formula is C22H31N3O. The second-order valence-electron chi connectivity index (χ2n) is 7.89. The highest BCUT2D eigenvalue weighted by atomic mass is 16.1. The predicted molar refractivity (Wildman–Crippen MR) is 105 cm³/mol. The Balaban J connectivity index is 1.62. The zero-order valence-electron chi connectivity index (χ0n) is 16.3. The summed E-state index contributed by atoms with van der Waals surface area (Å²) in [4.78, 5) is 12.5. The Labute approximate surface area is 157 Å². The van der Waals surface area contributed by atoms with Crippen LogP contribution in [0.25, 0.3) is 0 Å². The number of benzene rings is 1. The zero-order chi connectivity index (χ0) is 18.6. The van der Waals surface area contributed by atoms with Crippen molar-refractivity contribution in [3.63, 3.8) is 0 Å². The first-order valence-corrected chi connectivity index (χ1v) is 9.83. The van der Waals surface area contributed by atoms with Crippen molar-refractivity contribution in [1.82, 2.24) is 15.1 Å². The fraction of sp³-hybridized carbons (Fsp3) is 0.545. The van der Waals surface area contributed by atoms with Gasteiger partial charge < -0.3 is 5.32 Å². The molecule has 1 aliphatic rings. The van der Waals surface area contributed by atoms with Crippen LogP contribution in [0.5, 0.6) is 0 Å². The van der Waals surface area contributed by atoms with Crippen LogP contribution < -0.4 is 5.32 Å². The highest BCUT2D eigenvalue weighted by Gasteiger charge is 2.34. The Bertz CT molecular complexity index is 756. The van der Waals surface area contributed by atoms with Crippen LogP contribution >= 0.6 is 0 Å². The number of nitrogens with one attached hydrogen (secondary N) is 1. The maximum absolute atomic E-state index is 12.5. The van der Waals surface area contributed by atoms with Gasteiger partial charge in [0, 0.05) is 30.6 Å². The lowest BCUT2D eigenvalue weighted by Crippen LogP contribution is -2.42. The van der Waals surface area contributed by atoms with Crippen molar-refractivity contribution in [2.24, 2.45) is 0 Å². The maximum Gasteiger partial charge on any atom is 0.221 e. The van der Waals surface area contributed by atoms with E-state index >= 15 is 0 Å². The van der Waals surface area contributed by atoms with Crippen LogP contribution in [0.3, 0.4) is 0 Å². The van der Waals surface area contributed by atoms with Crippen molar-refractivity contribution in [2.45, 2.75) is 71.3 Å². The van der Waals surface area contributed by atoms with Gasteiger partial charge in [-0.15, -0.1) is 0 Å². The number of carbonyl (C=O) groups excluding carboxylic acids is 1. The lowest BCUT2D eigenvalue weighted by Gasteiger charge is -2.38. The second-order valence-corrected chi connectivity index (χ2v) is 7.89. The van der Waals surface area contributed by atoms with Gasteiger partial charge in [0.25, 0.3) is 0 Å². The summed E-state index contributed by atoms with van der Waals surface area (Å²) in [6.07, 6.45) is 6.60. The van der Waals surface area contributed by atoms with E-state index in [0.29, 0.717) is 13.0 Å². The standard InChI is InChI=1S/C22H31N3O/c1-17-8-7-9-20(14-17)22(11-5-4-6-12-22)16-23-21(26)10-13-25-19(3)15-18(2)24-25/h7-9,14-15H,4-6,10-13,16H2,1-3H3,(H,23,26). The van der Waals surface area contributed by atoms with E-state index in [4.69, 9.17) is 0 Å². The van der Waals surface area contributed by atoms with E-state index in [1.54, 1.807) is 0 Å². The molecule has 0 bridgehead atoms. The monoisotopic (exact) mass is 353 g/mol. The molecule has 1 aromatic heterocycles.